The quantitative estimate of drug-likeness (QED) is 0.322. The molecule has 2 unspecified atom stereocenters. The number of benzene rings is 2. The topological polar surface area (TPSA) is 221 Å². The van der Waals surface area contributed by atoms with Gasteiger partial charge >= 0.3 is 5.97 Å². The second-order valence-corrected chi connectivity index (χ2v) is 14.8. The summed E-state index contributed by atoms with van der Waals surface area (Å²) in [7, 11) is -8.12. The summed E-state index contributed by atoms with van der Waals surface area (Å²) in [6.07, 6.45) is 0. The highest BCUT2D eigenvalue weighted by Crippen LogP contribution is 2.68. The maximum Gasteiger partial charge on any atom is 0.334 e. The Morgan fingerprint density at radius 3 is 1.44 bits per heavy atom. The summed E-state index contributed by atoms with van der Waals surface area (Å²) in [5.41, 5.74) is -1.13. The first-order valence-electron chi connectivity index (χ1n) is 13.9. The summed E-state index contributed by atoms with van der Waals surface area (Å²) < 4.78 is 52.4. The number of carbonyl (C=O) groups is 5. The first kappa shape index (κ1) is 30.8. The Bertz CT molecular complexity index is 1850. The lowest BCUT2D eigenvalue weighted by atomic mass is 9.43. The molecule has 5 aliphatic rings. The summed E-state index contributed by atoms with van der Waals surface area (Å²) in [6.45, 7) is 4.69. The second kappa shape index (κ2) is 9.87. The van der Waals surface area contributed by atoms with Gasteiger partial charge in [0, 0.05) is 16.9 Å². The number of esters is 1. The number of allylic oxidation sites excluding steroid dienone is 1. The Balaban J connectivity index is 1.49. The van der Waals surface area contributed by atoms with Gasteiger partial charge in [-0.1, -0.05) is 12.5 Å². The van der Waals surface area contributed by atoms with Crippen molar-refractivity contribution in [3.8, 4) is 0 Å². The van der Waals surface area contributed by atoms with Gasteiger partial charge in [0.1, 0.15) is 0 Å². The van der Waals surface area contributed by atoms with Crippen molar-refractivity contribution in [2.45, 2.75) is 30.6 Å². The van der Waals surface area contributed by atoms with E-state index in [0.29, 0.717) is 5.57 Å². The van der Waals surface area contributed by atoms with Crippen LogP contribution in [0.15, 0.2) is 69.5 Å². The monoisotopic (exact) mass is 656 g/mol. The standard InChI is InChI=1S/C29H28N4O10S2/c1-4-43-28(38)21-13(2)18-19-22(26(36)32(24(19)34)14-5-9-16(10-6-14)44(30,39)40)29(21,3)23-20(18)25(35)33(27(23)37)15-7-11-17(12-8-15)45(31,41)42/h5-12,18-20,22-23H,4H2,1-3H3,(H2,30,39,40)(H2,31,41,42)/t18?,19-,20+,22-,23-,29?/m1/s1. The zero-order chi connectivity index (χ0) is 33.0. The van der Waals surface area contributed by atoms with E-state index in [2.05, 4.69) is 0 Å². The van der Waals surface area contributed by atoms with E-state index in [1.165, 1.54) is 31.2 Å². The molecule has 7 rings (SSSR count). The van der Waals surface area contributed by atoms with Crippen molar-refractivity contribution in [1.29, 1.82) is 0 Å². The van der Waals surface area contributed by atoms with E-state index < -0.39 is 84.6 Å². The van der Waals surface area contributed by atoms with Gasteiger partial charge in [0.25, 0.3) is 0 Å². The number of rotatable bonds is 6. The van der Waals surface area contributed by atoms with Crippen LogP contribution in [0.1, 0.15) is 20.8 Å². The average molecular weight is 657 g/mol. The van der Waals surface area contributed by atoms with Crippen molar-refractivity contribution < 1.29 is 45.5 Å². The van der Waals surface area contributed by atoms with Gasteiger partial charge in [-0.05, 0) is 62.4 Å². The minimum Gasteiger partial charge on any atom is -0.463 e. The van der Waals surface area contributed by atoms with Crippen LogP contribution in [0.4, 0.5) is 11.4 Å². The number of imide groups is 2. The van der Waals surface area contributed by atoms with Crippen molar-refractivity contribution in [3.63, 3.8) is 0 Å². The summed E-state index contributed by atoms with van der Waals surface area (Å²) in [4.78, 5) is 71.5. The van der Waals surface area contributed by atoms with Crippen molar-refractivity contribution in [2.24, 2.45) is 45.3 Å². The van der Waals surface area contributed by atoms with Gasteiger partial charge in [0.15, 0.2) is 0 Å². The van der Waals surface area contributed by atoms with Crippen LogP contribution < -0.4 is 20.1 Å². The number of amides is 4. The molecule has 2 heterocycles. The molecule has 2 aliphatic heterocycles. The van der Waals surface area contributed by atoms with Crippen LogP contribution >= 0.6 is 0 Å². The molecule has 0 spiro atoms. The molecule has 3 aliphatic carbocycles. The number of nitrogens with two attached hydrogens (primary N) is 2. The largest absolute Gasteiger partial charge is 0.463 e. The maximum atomic E-state index is 14.2. The van der Waals surface area contributed by atoms with Crippen molar-refractivity contribution in [3.05, 3.63) is 59.7 Å². The Labute approximate surface area is 258 Å². The first-order chi connectivity index (χ1) is 21.0. The van der Waals surface area contributed by atoms with Crippen LogP contribution in [-0.2, 0) is 48.8 Å². The first-order valence-corrected chi connectivity index (χ1v) is 16.9. The Morgan fingerprint density at radius 2 is 1.11 bits per heavy atom. The maximum absolute atomic E-state index is 14.2. The van der Waals surface area contributed by atoms with Gasteiger partial charge in [0.2, 0.25) is 43.7 Å². The molecule has 45 heavy (non-hydrogen) atoms. The third-order valence-electron chi connectivity index (χ3n) is 9.53. The number of primary sulfonamides is 2. The van der Waals surface area contributed by atoms with E-state index in [1.807, 2.05) is 0 Å². The molecule has 6 atom stereocenters. The fraction of sp³-hybridized carbons (Fsp3) is 0.345. The molecule has 4 N–H and O–H groups in total. The molecule has 0 aromatic heterocycles. The fourth-order valence-electron chi connectivity index (χ4n) is 7.89. The highest BCUT2D eigenvalue weighted by atomic mass is 32.2. The summed E-state index contributed by atoms with van der Waals surface area (Å²) >= 11 is 0. The number of ether oxygens (including phenoxy) is 1. The van der Waals surface area contributed by atoms with E-state index >= 15 is 0 Å². The predicted octanol–water partition coefficient (Wildman–Crippen LogP) is 0.422. The van der Waals surface area contributed by atoms with E-state index in [0.717, 1.165) is 34.1 Å². The lowest BCUT2D eigenvalue weighted by Gasteiger charge is -2.55. The number of hydrogen-bond donors (Lipinski definition) is 2. The SMILES string of the molecule is CCOC(=O)C1=C(C)C2[C@H]3C(=O)N(c4ccc(S(N)(=O)=O)cc4)C(=O)[C@@H]3C1(C)[C@H]1C(=O)N(c3ccc(S(N)(=O)=O)cc3)C(=O)[C@@H]21. The van der Waals surface area contributed by atoms with E-state index in [1.54, 1.807) is 13.8 Å². The van der Waals surface area contributed by atoms with E-state index in [-0.39, 0.29) is 33.3 Å². The number of sulfonamides is 2. The van der Waals surface area contributed by atoms with Gasteiger partial charge in [-0.3, -0.25) is 29.0 Å². The summed E-state index contributed by atoms with van der Waals surface area (Å²) in [5, 5.41) is 10.4. The minimum absolute atomic E-state index is 0.0106. The number of nitrogens with zero attached hydrogens (tertiary/aromatic N) is 2. The van der Waals surface area contributed by atoms with E-state index in [4.69, 9.17) is 15.0 Å². The zero-order valence-electron chi connectivity index (χ0n) is 24.2. The highest BCUT2D eigenvalue weighted by Gasteiger charge is 2.77. The van der Waals surface area contributed by atoms with Crippen LogP contribution in [0.5, 0.6) is 0 Å². The number of hydrogen-bond acceptors (Lipinski definition) is 10. The van der Waals surface area contributed by atoms with Gasteiger partial charge < -0.3 is 4.74 Å². The molecule has 14 nitrogen and oxygen atoms in total. The van der Waals surface area contributed by atoms with Crippen LogP contribution in [-0.4, -0.2) is 53.0 Å². The Kier molecular flexibility index (Phi) is 6.75. The molecule has 2 saturated heterocycles. The molecule has 1 saturated carbocycles. The van der Waals surface area contributed by atoms with Crippen molar-refractivity contribution in [2.75, 3.05) is 16.4 Å². The van der Waals surface area contributed by atoms with Gasteiger partial charge in [0.05, 0.1) is 51.4 Å². The number of carbonyl (C=O) groups excluding carboxylic acids is 5. The third-order valence-corrected chi connectivity index (χ3v) is 11.4. The average Bonchev–Trinajstić information content (AvgIpc) is 3.38. The predicted molar refractivity (Wildman–Crippen MR) is 156 cm³/mol. The lowest BCUT2D eigenvalue weighted by Crippen LogP contribution is -2.61. The molecule has 2 bridgehead atoms. The third kappa shape index (κ3) is 4.16. The molecular formula is C29H28N4O10S2. The van der Waals surface area contributed by atoms with Crippen LogP contribution in [0.3, 0.4) is 0 Å². The summed E-state index contributed by atoms with van der Waals surface area (Å²) in [5.74, 6) is -9.29. The molecule has 4 amide bonds. The normalized spacial score (nSPS) is 29.4. The molecule has 2 aromatic carbocycles. The molecular weight excluding hydrogens is 628 g/mol. The molecule has 236 valence electrons. The van der Waals surface area contributed by atoms with Crippen molar-refractivity contribution >= 4 is 61.0 Å². The second-order valence-electron chi connectivity index (χ2n) is 11.7. The molecule has 16 heteroatoms. The van der Waals surface area contributed by atoms with E-state index in [9.17, 15) is 40.8 Å². The fourth-order valence-corrected chi connectivity index (χ4v) is 8.92. The molecule has 2 aromatic rings. The minimum atomic E-state index is -4.06. The molecule has 3 fully saturated rings. The smallest absolute Gasteiger partial charge is 0.334 e. The van der Waals surface area contributed by atoms with Crippen molar-refractivity contribution in [1.82, 2.24) is 0 Å². The number of anilines is 2. The molecule has 0 radical (unpaired) electrons. The zero-order valence-corrected chi connectivity index (χ0v) is 25.8. The Hall–Kier alpha value is -4.25. The van der Waals surface area contributed by atoms with Gasteiger partial charge in [-0.2, -0.15) is 0 Å². The highest BCUT2D eigenvalue weighted by molar-refractivity contribution is 7.89. The summed E-state index contributed by atoms with van der Waals surface area (Å²) in [6, 6.07) is 9.63. The van der Waals surface area contributed by atoms with Gasteiger partial charge in [-0.15, -0.1) is 0 Å². The van der Waals surface area contributed by atoms with Crippen LogP contribution in [0.25, 0.3) is 0 Å². The lowest BCUT2D eigenvalue weighted by molar-refractivity contribution is -0.155. The van der Waals surface area contributed by atoms with Crippen LogP contribution in [0.2, 0.25) is 0 Å². The Morgan fingerprint density at radius 1 is 0.733 bits per heavy atom. The van der Waals surface area contributed by atoms with Gasteiger partial charge in [-0.25, -0.2) is 31.9 Å². The van der Waals surface area contributed by atoms with Crippen LogP contribution in [0, 0.1) is 35.0 Å².